The number of hydrogen-bond donors (Lipinski definition) is 1. The zero-order valence-electron chi connectivity index (χ0n) is 16.0. The van der Waals surface area contributed by atoms with Gasteiger partial charge in [0.15, 0.2) is 0 Å². The van der Waals surface area contributed by atoms with E-state index in [1.165, 1.54) is 6.07 Å². The first-order valence-corrected chi connectivity index (χ1v) is 9.82. The molecule has 0 saturated carbocycles. The van der Waals surface area contributed by atoms with Gasteiger partial charge in [0.25, 0.3) is 0 Å². The number of nitrogens with zero attached hydrogens (tertiary/aromatic N) is 1. The Morgan fingerprint density at radius 3 is 2.63 bits per heavy atom. The highest BCUT2D eigenvalue weighted by molar-refractivity contribution is 6.30. The highest BCUT2D eigenvalue weighted by Crippen LogP contribution is 2.47. The summed E-state index contributed by atoms with van der Waals surface area (Å²) in [7, 11) is 0. The molecular weight excluding hydrogens is 416 g/mol. The highest BCUT2D eigenvalue weighted by Gasteiger charge is 2.45. The number of nitrogens with one attached hydrogen (secondary N) is 1. The highest BCUT2D eigenvalue weighted by atomic mass is 35.5. The second-order valence-electron chi connectivity index (χ2n) is 7.81. The van der Waals surface area contributed by atoms with E-state index in [1.54, 1.807) is 18.2 Å². The van der Waals surface area contributed by atoms with E-state index in [9.17, 15) is 17.6 Å². The van der Waals surface area contributed by atoms with E-state index in [0.717, 1.165) is 48.4 Å². The molecule has 0 amide bonds. The minimum absolute atomic E-state index is 0.0185. The molecule has 4 rings (SSSR count). The summed E-state index contributed by atoms with van der Waals surface area (Å²) < 4.78 is 51.5. The van der Waals surface area contributed by atoms with Crippen molar-refractivity contribution in [3.8, 4) is 0 Å². The summed E-state index contributed by atoms with van der Waals surface area (Å²) in [5.74, 6) is -0.460. The van der Waals surface area contributed by atoms with Gasteiger partial charge in [-0.15, -0.1) is 0 Å². The van der Waals surface area contributed by atoms with Gasteiger partial charge in [-0.2, -0.15) is 13.2 Å². The monoisotopic (exact) mass is 434 g/mol. The Bertz CT molecular complexity index is 1070. The van der Waals surface area contributed by atoms with E-state index in [4.69, 9.17) is 17.0 Å². The fourth-order valence-corrected chi connectivity index (χ4v) is 4.58. The SMILES string of the molecule is C=C(/C=C\C(=N)c1ccc2c(c1)CN1CCC2(c2ccc(F)c(Cl)c2)C1)C(F)(F)F. The van der Waals surface area contributed by atoms with Gasteiger partial charge in [0.2, 0.25) is 0 Å². The van der Waals surface area contributed by atoms with Gasteiger partial charge in [0.1, 0.15) is 5.82 Å². The topological polar surface area (TPSA) is 27.1 Å². The zero-order valence-corrected chi connectivity index (χ0v) is 16.7. The molecule has 2 aromatic carbocycles. The number of benzene rings is 2. The van der Waals surface area contributed by atoms with Crippen LogP contribution in [0.25, 0.3) is 0 Å². The van der Waals surface area contributed by atoms with Gasteiger partial charge in [-0.1, -0.05) is 36.4 Å². The van der Waals surface area contributed by atoms with Gasteiger partial charge in [0, 0.05) is 24.1 Å². The fraction of sp³-hybridized carbons (Fsp3) is 0.261. The molecule has 0 aliphatic carbocycles. The number of halogens is 5. The van der Waals surface area contributed by atoms with Crippen LogP contribution in [-0.2, 0) is 12.0 Å². The van der Waals surface area contributed by atoms with E-state index in [2.05, 4.69) is 11.5 Å². The summed E-state index contributed by atoms with van der Waals surface area (Å²) in [5, 5.41) is 8.24. The summed E-state index contributed by atoms with van der Waals surface area (Å²) in [6.07, 6.45) is -1.71. The fourth-order valence-electron chi connectivity index (χ4n) is 4.40. The minimum atomic E-state index is -4.51. The van der Waals surface area contributed by atoms with E-state index in [1.807, 2.05) is 12.1 Å². The molecule has 2 atom stereocenters. The van der Waals surface area contributed by atoms with Crippen LogP contribution in [0.2, 0.25) is 5.02 Å². The Morgan fingerprint density at radius 2 is 1.93 bits per heavy atom. The van der Waals surface area contributed by atoms with Crippen molar-refractivity contribution in [2.75, 3.05) is 13.1 Å². The van der Waals surface area contributed by atoms with Crippen LogP contribution in [-0.4, -0.2) is 29.9 Å². The van der Waals surface area contributed by atoms with Gasteiger partial charge in [-0.05, 0) is 65.6 Å². The number of rotatable bonds is 4. The summed E-state index contributed by atoms with van der Waals surface area (Å²) in [6, 6.07) is 10.4. The van der Waals surface area contributed by atoms with Crippen LogP contribution < -0.4 is 0 Å². The molecule has 0 aromatic heterocycles. The Balaban J connectivity index is 1.69. The second-order valence-corrected chi connectivity index (χ2v) is 8.22. The maximum Gasteiger partial charge on any atom is 0.415 e. The molecule has 1 fully saturated rings. The summed E-state index contributed by atoms with van der Waals surface area (Å²) in [5.41, 5.74) is 2.27. The van der Waals surface area contributed by atoms with Crippen LogP contribution in [0.3, 0.4) is 0 Å². The predicted octanol–water partition coefficient (Wildman–Crippen LogP) is 6.03. The maximum absolute atomic E-state index is 13.7. The molecule has 30 heavy (non-hydrogen) atoms. The molecule has 2 nitrogen and oxygen atoms in total. The van der Waals surface area contributed by atoms with Gasteiger partial charge in [0.05, 0.1) is 10.7 Å². The Hall–Kier alpha value is -2.44. The molecule has 1 saturated heterocycles. The third-order valence-electron chi connectivity index (χ3n) is 5.96. The van der Waals surface area contributed by atoms with Crippen molar-refractivity contribution in [1.82, 2.24) is 4.90 Å². The number of alkyl halides is 3. The molecule has 2 aliphatic heterocycles. The van der Waals surface area contributed by atoms with Gasteiger partial charge >= 0.3 is 6.18 Å². The Kier molecular flexibility index (Phi) is 5.11. The average Bonchev–Trinajstić information content (AvgIpc) is 3.05. The van der Waals surface area contributed by atoms with Crippen LogP contribution in [0.5, 0.6) is 0 Å². The lowest BCUT2D eigenvalue weighted by Crippen LogP contribution is -2.38. The smallest absolute Gasteiger partial charge is 0.300 e. The third-order valence-corrected chi connectivity index (χ3v) is 6.25. The predicted molar refractivity (Wildman–Crippen MR) is 110 cm³/mol. The summed E-state index contributed by atoms with van der Waals surface area (Å²) in [6.45, 7) is 5.37. The van der Waals surface area contributed by atoms with E-state index in [-0.39, 0.29) is 16.1 Å². The van der Waals surface area contributed by atoms with Crippen LogP contribution in [0.15, 0.2) is 60.7 Å². The summed E-state index contributed by atoms with van der Waals surface area (Å²) >= 11 is 6.04. The van der Waals surface area contributed by atoms with Crippen LogP contribution in [0.1, 0.15) is 28.7 Å². The number of hydrogen-bond acceptors (Lipinski definition) is 2. The van der Waals surface area contributed by atoms with Crippen molar-refractivity contribution >= 4 is 17.3 Å². The van der Waals surface area contributed by atoms with E-state index in [0.29, 0.717) is 12.1 Å². The average molecular weight is 435 g/mol. The Morgan fingerprint density at radius 1 is 1.17 bits per heavy atom. The Labute approximate surface area is 177 Å². The normalized spacial score (nSPS) is 22.9. The molecule has 2 heterocycles. The number of allylic oxidation sites excluding steroid dienone is 3. The molecule has 2 aliphatic rings. The molecule has 2 aromatic rings. The molecule has 0 spiro atoms. The molecule has 0 radical (unpaired) electrons. The van der Waals surface area contributed by atoms with Gasteiger partial charge < -0.3 is 5.41 Å². The van der Waals surface area contributed by atoms with Crippen LogP contribution in [0.4, 0.5) is 17.6 Å². The minimum Gasteiger partial charge on any atom is -0.300 e. The molecule has 7 heteroatoms. The quantitative estimate of drug-likeness (QED) is 0.355. The first-order valence-electron chi connectivity index (χ1n) is 9.44. The lowest BCUT2D eigenvalue weighted by Gasteiger charge is -2.37. The van der Waals surface area contributed by atoms with Gasteiger partial charge in [-0.25, -0.2) is 4.39 Å². The lowest BCUT2D eigenvalue weighted by atomic mass is 9.70. The van der Waals surface area contributed by atoms with Gasteiger partial charge in [-0.3, -0.25) is 4.90 Å². The zero-order chi connectivity index (χ0) is 21.7. The van der Waals surface area contributed by atoms with E-state index >= 15 is 0 Å². The van der Waals surface area contributed by atoms with Crippen LogP contribution in [0, 0.1) is 11.2 Å². The van der Waals surface area contributed by atoms with Crippen LogP contribution >= 0.6 is 11.6 Å². The largest absolute Gasteiger partial charge is 0.415 e. The first kappa shape index (κ1) is 20.8. The molecule has 1 N–H and O–H groups in total. The van der Waals surface area contributed by atoms with E-state index < -0.39 is 17.6 Å². The van der Waals surface area contributed by atoms with Crippen molar-refractivity contribution in [2.45, 2.75) is 24.6 Å². The molecule has 2 unspecified atom stereocenters. The molecule has 156 valence electrons. The lowest BCUT2D eigenvalue weighted by molar-refractivity contribution is -0.0878. The molecule has 2 bridgehead atoms. The number of fused-ring (bicyclic) bond motifs is 4. The standard InChI is InChI=1S/C23H19ClF4N2/c1-14(23(26,27)28)2-7-21(29)15-3-5-18-16(10-15)12-30-9-8-22(18,13-30)17-4-6-20(25)19(24)11-17/h2-7,10-11,29H,1,8-9,12-13H2/b7-2-,29-21?. The van der Waals surface area contributed by atoms with Crippen molar-refractivity contribution in [2.24, 2.45) is 0 Å². The summed E-state index contributed by atoms with van der Waals surface area (Å²) in [4.78, 5) is 2.29. The van der Waals surface area contributed by atoms with Crippen molar-refractivity contribution < 1.29 is 17.6 Å². The third kappa shape index (κ3) is 3.59. The van der Waals surface area contributed by atoms with Crippen molar-refractivity contribution in [3.63, 3.8) is 0 Å². The molecular formula is C23H19ClF4N2. The van der Waals surface area contributed by atoms with Crippen molar-refractivity contribution in [1.29, 1.82) is 5.41 Å². The maximum atomic E-state index is 13.7. The van der Waals surface area contributed by atoms with Crippen molar-refractivity contribution in [3.05, 3.63) is 93.8 Å². The first-order chi connectivity index (χ1) is 14.1. The second kappa shape index (κ2) is 7.36.